The van der Waals surface area contributed by atoms with Gasteiger partial charge in [-0.2, -0.15) is 0 Å². The molecule has 1 fully saturated rings. The summed E-state index contributed by atoms with van der Waals surface area (Å²) < 4.78 is 5.21. The number of aromatic nitrogens is 2. The number of benzene rings is 1. The third kappa shape index (κ3) is 3.54. The van der Waals surface area contributed by atoms with Crippen LogP contribution in [0.5, 0.6) is 0 Å². The van der Waals surface area contributed by atoms with Crippen LogP contribution in [0.4, 0.5) is 0 Å². The Morgan fingerprint density at radius 2 is 1.78 bits per heavy atom. The zero-order valence-corrected chi connectivity index (χ0v) is 17.8. The maximum atomic E-state index is 12.7. The summed E-state index contributed by atoms with van der Waals surface area (Å²) in [5.74, 6) is -1.97. The standard InChI is InChI=1S/C23H19N3O5S/c27-18(10-26-22(29)14-8-4-5-9-15(14)23(26)30)31-11-17-24-20(28)19-16(12-32-21(19)25-17)13-6-2-1-3-7-13/h1-7,12,14-15H,8-11H2,(H,24,25,28)/t14-,15+. The Morgan fingerprint density at radius 3 is 2.47 bits per heavy atom. The van der Waals surface area contributed by atoms with Crippen LogP contribution < -0.4 is 5.56 Å². The first-order chi connectivity index (χ1) is 15.5. The molecule has 0 bridgehead atoms. The number of rotatable bonds is 5. The average Bonchev–Trinajstić information content (AvgIpc) is 3.34. The topological polar surface area (TPSA) is 109 Å². The number of aromatic amines is 1. The number of likely N-dealkylation sites (tertiary alicyclic amines) is 1. The summed E-state index contributed by atoms with van der Waals surface area (Å²) in [5, 5.41) is 2.36. The molecule has 2 aliphatic rings. The largest absolute Gasteiger partial charge is 0.456 e. The molecule has 2 aromatic heterocycles. The Kier molecular flexibility index (Phi) is 5.18. The monoisotopic (exact) mass is 449 g/mol. The van der Waals surface area contributed by atoms with Crippen LogP contribution >= 0.6 is 11.3 Å². The number of nitrogens with zero attached hydrogens (tertiary/aromatic N) is 2. The van der Waals surface area contributed by atoms with Crippen LogP contribution in [-0.2, 0) is 25.7 Å². The van der Waals surface area contributed by atoms with Gasteiger partial charge >= 0.3 is 5.97 Å². The predicted molar refractivity (Wildman–Crippen MR) is 118 cm³/mol. The average molecular weight is 449 g/mol. The van der Waals surface area contributed by atoms with Gasteiger partial charge in [0.15, 0.2) is 0 Å². The zero-order chi connectivity index (χ0) is 22.2. The van der Waals surface area contributed by atoms with E-state index in [0.717, 1.165) is 16.0 Å². The van der Waals surface area contributed by atoms with Gasteiger partial charge in [-0.3, -0.25) is 24.1 Å². The fourth-order valence-electron chi connectivity index (χ4n) is 4.24. The third-order valence-electron chi connectivity index (χ3n) is 5.83. The van der Waals surface area contributed by atoms with Crippen molar-refractivity contribution >= 4 is 39.3 Å². The van der Waals surface area contributed by atoms with Crippen LogP contribution in [0.15, 0.2) is 52.7 Å². The summed E-state index contributed by atoms with van der Waals surface area (Å²) in [5.41, 5.74) is 1.40. The van der Waals surface area contributed by atoms with Crippen LogP contribution in [0.3, 0.4) is 0 Å². The highest BCUT2D eigenvalue weighted by atomic mass is 32.1. The van der Waals surface area contributed by atoms with E-state index in [0.29, 0.717) is 23.1 Å². The lowest BCUT2D eigenvalue weighted by atomic mass is 9.85. The normalized spacial score (nSPS) is 20.1. The number of fused-ring (bicyclic) bond motifs is 2. The highest BCUT2D eigenvalue weighted by Gasteiger charge is 2.47. The summed E-state index contributed by atoms with van der Waals surface area (Å²) in [6.45, 7) is -0.693. The second-order valence-electron chi connectivity index (χ2n) is 7.79. The van der Waals surface area contributed by atoms with Crippen molar-refractivity contribution in [1.82, 2.24) is 14.9 Å². The summed E-state index contributed by atoms with van der Waals surface area (Å²) in [6, 6.07) is 9.54. The summed E-state index contributed by atoms with van der Waals surface area (Å²) in [4.78, 5) is 58.5. The minimum Gasteiger partial charge on any atom is -0.456 e. The van der Waals surface area contributed by atoms with Gasteiger partial charge in [0.1, 0.15) is 23.8 Å². The molecule has 2 atom stereocenters. The van der Waals surface area contributed by atoms with Crippen LogP contribution in [0.25, 0.3) is 21.3 Å². The molecule has 8 nitrogen and oxygen atoms in total. The fraction of sp³-hybridized carbons (Fsp3) is 0.261. The number of esters is 1. The van der Waals surface area contributed by atoms with Gasteiger partial charge in [-0.15, -0.1) is 11.3 Å². The number of imide groups is 1. The highest BCUT2D eigenvalue weighted by molar-refractivity contribution is 7.17. The molecule has 1 saturated heterocycles. The van der Waals surface area contributed by atoms with Crippen molar-refractivity contribution in [2.75, 3.05) is 6.54 Å². The molecule has 0 radical (unpaired) electrons. The molecule has 5 rings (SSSR count). The molecule has 1 aromatic carbocycles. The molecule has 3 aromatic rings. The lowest BCUT2D eigenvalue weighted by molar-refractivity contribution is -0.154. The van der Waals surface area contributed by atoms with E-state index in [1.807, 2.05) is 47.9 Å². The molecular weight excluding hydrogens is 430 g/mol. The molecule has 0 spiro atoms. The van der Waals surface area contributed by atoms with Crippen molar-refractivity contribution in [3.05, 3.63) is 64.0 Å². The molecule has 1 aliphatic carbocycles. The maximum Gasteiger partial charge on any atom is 0.326 e. The van der Waals surface area contributed by atoms with E-state index in [4.69, 9.17) is 4.74 Å². The number of allylic oxidation sites excluding steroid dienone is 2. The third-order valence-corrected chi connectivity index (χ3v) is 6.71. The molecule has 0 saturated carbocycles. The minimum absolute atomic E-state index is 0.203. The van der Waals surface area contributed by atoms with Crippen molar-refractivity contribution in [1.29, 1.82) is 0 Å². The van der Waals surface area contributed by atoms with Crippen LogP contribution in [-0.4, -0.2) is 39.2 Å². The molecular formula is C23H19N3O5S. The SMILES string of the molecule is O=C(CN1C(=O)[C@H]2CC=CC[C@H]2C1=O)OCc1nc2scc(-c3ccccc3)c2c(=O)[nH]1. The lowest BCUT2D eigenvalue weighted by Gasteiger charge is -2.14. The summed E-state index contributed by atoms with van der Waals surface area (Å²) >= 11 is 1.33. The Morgan fingerprint density at radius 1 is 1.09 bits per heavy atom. The Labute approximate surface area is 186 Å². The zero-order valence-electron chi connectivity index (χ0n) is 16.9. The number of amides is 2. The number of hydrogen-bond donors (Lipinski definition) is 1. The smallest absolute Gasteiger partial charge is 0.326 e. The number of H-pyrrole nitrogens is 1. The number of hydrogen-bond acceptors (Lipinski definition) is 7. The number of nitrogens with one attached hydrogen (secondary N) is 1. The lowest BCUT2D eigenvalue weighted by Crippen LogP contribution is -2.36. The van der Waals surface area contributed by atoms with Gasteiger partial charge in [0.25, 0.3) is 5.56 Å². The molecule has 0 unspecified atom stereocenters. The molecule has 3 heterocycles. The molecule has 32 heavy (non-hydrogen) atoms. The maximum absolute atomic E-state index is 12.7. The van der Waals surface area contributed by atoms with E-state index in [2.05, 4.69) is 9.97 Å². The fourth-order valence-corrected chi connectivity index (χ4v) is 5.21. The Hall–Kier alpha value is -3.59. The first-order valence-electron chi connectivity index (χ1n) is 10.2. The van der Waals surface area contributed by atoms with Crippen molar-refractivity contribution in [3.8, 4) is 11.1 Å². The van der Waals surface area contributed by atoms with Gasteiger partial charge in [0.2, 0.25) is 11.8 Å². The van der Waals surface area contributed by atoms with Gasteiger partial charge in [-0.1, -0.05) is 42.5 Å². The van der Waals surface area contributed by atoms with Gasteiger partial charge < -0.3 is 9.72 Å². The number of carbonyl (C=O) groups excluding carboxylic acids is 3. The van der Waals surface area contributed by atoms with Gasteiger partial charge in [-0.25, -0.2) is 4.98 Å². The van der Waals surface area contributed by atoms with Crippen molar-refractivity contribution < 1.29 is 19.1 Å². The van der Waals surface area contributed by atoms with Crippen molar-refractivity contribution in [2.24, 2.45) is 11.8 Å². The quantitative estimate of drug-likeness (QED) is 0.364. The summed E-state index contributed by atoms with van der Waals surface area (Å²) in [6.07, 6.45) is 4.80. The van der Waals surface area contributed by atoms with Crippen molar-refractivity contribution in [2.45, 2.75) is 19.4 Å². The predicted octanol–water partition coefficient (Wildman–Crippen LogP) is 2.65. The molecule has 1 aliphatic heterocycles. The first kappa shape index (κ1) is 20.3. The van der Waals surface area contributed by atoms with Crippen molar-refractivity contribution in [3.63, 3.8) is 0 Å². The van der Waals surface area contributed by atoms with Crippen LogP contribution in [0, 0.1) is 11.8 Å². The number of carbonyl (C=O) groups is 3. The second-order valence-corrected chi connectivity index (χ2v) is 8.65. The Bertz CT molecular complexity index is 1280. The van der Waals surface area contributed by atoms with E-state index < -0.39 is 24.3 Å². The highest BCUT2D eigenvalue weighted by Crippen LogP contribution is 2.35. The van der Waals surface area contributed by atoms with Gasteiger partial charge in [0, 0.05) is 10.9 Å². The van der Waals surface area contributed by atoms with Crippen LogP contribution in [0.1, 0.15) is 18.7 Å². The summed E-state index contributed by atoms with van der Waals surface area (Å²) in [7, 11) is 0. The van der Waals surface area contributed by atoms with E-state index >= 15 is 0 Å². The van der Waals surface area contributed by atoms with Gasteiger partial charge in [0.05, 0.1) is 17.2 Å². The molecule has 9 heteroatoms. The van der Waals surface area contributed by atoms with E-state index in [9.17, 15) is 19.2 Å². The molecule has 2 amide bonds. The minimum atomic E-state index is -0.725. The first-order valence-corrected chi connectivity index (χ1v) is 11.1. The molecule has 1 N–H and O–H groups in total. The van der Waals surface area contributed by atoms with E-state index in [1.165, 1.54) is 11.3 Å². The molecule has 162 valence electrons. The second kappa shape index (κ2) is 8.16. The number of ether oxygens (including phenoxy) is 1. The van der Waals surface area contributed by atoms with Crippen LogP contribution in [0.2, 0.25) is 0 Å². The van der Waals surface area contributed by atoms with E-state index in [-0.39, 0.29) is 29.8 Å². The Balaban J connectivity index is 1.28. The number of thiophene rings is 1. The van der Waals surface area contributed by atoms with Gasteiger partial charge in [-0.05, 0) is 18.4 Å². The van der Waals surface area contributed by atoms with E-state index in [1.54, 1.807) is 0 Å².